The van der Waals surface area contributed by atoms with Crippen LogP contribution in [0.2, 0.25) is 0 Å². The summed E-state index contributed by atoms with van der Waals surface area (Å²) in [6, 6.07) is -0.308. The predicted octanol–water partition coefficient (Wildman–Crippen LogP) is 0.0652. The minimum atomic E-state index is -0.308. The first kappa shape index (κ1) is 13.3. The highest BCUT2D eigenvalue weighted by atomic mass is 16.2. The molecule has 0 aromatic rings. The first-order valence-corrected chi connectivity index (χ1v) is 6.83. The van der Waals surface area contributed by atoms with Gasteiger partial charge in [-0.2, -0.15) is 0 Å². The molecular formula is C13H23N3O2. The highest BCUT2D eigenvalue weighted by molar-refractivity contribution is 5.94. The van der Waals surface area contributed by atoms with Gasteiger partial charge in [-0.3, -0.25) is 9.59 Å². The predicted molar refractivity (Wildman–Crippen MR) is 69.0 cm³/mol. The Hall–Kier alpha value is -1.10. The van der Waals surface area contributed by atoms with E-state index in [-0.39, 0.29) is 24.4 Å². The van der Waals surface area contributed by atoms with Crippen LogP contribution in [-0.2, 0) is 9.59 Å². The number of rotatable bonds is 3. The van der Waals surface area contributed by atoms with Gasteiger partial charge in [-0.05, 0) is 52.2 Å². The van der Waals surface area contributed by atoms with Crippen LogP contribution in [0, 0.1) is 5.92 Å². The van der Waals surface area contributed by atoms with E-state index in [4.69, 9.17) is 0 Å². The molecule has 1 atom stereocenters. The molecule has 2 amide bonds. The van der Waals surface area contributed by atoms with E-state index in [0.29, 0.717) is 5.92 Å². The second-order valence-corrected chi connectivity index (χ2v) is 5.52. The Bertz CT molecular complexity index is 324. The summed E-state index contributed by atoms with van der Waals surface area (Å²) >= 11 is 0. The molecule has 0 bridgehead atoms. The Morgan fingerprint density at radius 3 is 2.61 bits per heavy atom. The third-order valence-electron chi connectivity index (χ3n) is 4.20. The average Bonchev–Trinajstić information content (AvgIpc) is 2.36. The average molecular weight is 253 g/mol. The quantitative estimate of drug-likeness (QED) is 0.774. The zero-order valence-corrected chi connectivity index (χ0v) is 11.3. The maximum atomic E-state index is 11.8. The summed E-state index contributed by atoms with van der Waals surface area (Å²) in [5.74, 6) is 0.721. The van der Waals surface area contributed by atoms with Crippen molar-refractivity contribution in [3.05, 3.63) is 0 Å². The van der Waals surface area contributed by atoms with Crippen LogP contribution in [0.25, 0.3) is 0 Å². The fraction of sp³-hybridized carbons (Fsp3) is 0.846. The SMILES string of the molecule is CC1C(=O)NCC(=O)N1CCC1CCN(C)CC1. The van der Waals surface area contributed by atoms with Crippen LogP contribution >= 0.6 is 0 Å². The molecule has 2 aliphatic heterocycles. The van der Waals surface area contributed by atoms with Crippen LogP contribution in [0.1, 0.15) is 26.2 Å². The van der Waals surface area contributed by atoms with Crippen molar-refractivity contribution in [3.63, 3.8) is 0 Å². The second-order valence-electron chi connectivity index (χ2n) is 5.52. The molecule has 18 heavy (non-hydrogen) atoms. The molecule has 5 nitrogen and oxygen atoms in total. The van der Waals surface area contributed by atoms with Crippen molar-refractivity contribution in [2.75, 3.05) is 33.2 Å². The van der Waals surface area contributed by atoms with Gasteiger partial charge in [0.25, 0.3) is 0 Å². The molecule has 2 saturated heterocycles. The normalized spacial score (nSPS) is 27.4. The van der Waals surface area contributed by atoms with Crippen LogP contribution in [0.3, 0.4) is 0 Å². The lowest BCUT2D eigenvalue weighted by molar-refractivity contribution is -0.145. The Morgan fingerprint density at radius 1 is 1.28 bits per heavy atom. The number of piperazine rings is 1. The number of nitrogens with one attached hydrogen (secondary N) is 1. The summed E-state index contributed by atoms with van der Waals surface area (Å²) < 4.78 is 0. The first-order chi connectivity index (χ1) is 8.58. The molecule has 1 N–H and O–H groups in total. The van der Waals surface area contributed by atoms with Gasteiger partial charge in [0.15, 0.2) is 0 Å². The number of likely N-dealkylation sites (tertiary alicyclic amines) is 1. The molecule has 5 heteroatoms. The first-order valence-electron chi connectivity index (χ1n) is 6.83. The molecular weight excluding hydrogens is 230 g/mol. The molecule has 0 aliphatic carbocycles. The summed E-state index contributed by atoms with van der Waals surface area (Å²) in [7, 11) is 2.15. The number of amides is 2. The molecule has 1 unspecified atom stereocenters. The van der Waals surface area contributed by atoms with Crippen LogP contribution in [0.15, 0.2) is 0 Å². The fourth-order valence-electron chi connectivity index (χ4n) is 2.76. The van der Waals surface area contributed by atoms with E-state index in [1.54, 1.807) is 11.8 Å². The van der Waals surface area contributed by atoms with E-state index >= 15 is 0 Å². The van der Waals surface area contributed by atoms with E-state index in [0.717, 1.165) is 26.1 Å². The molecule has 0 spiro atoms. The Balaban J connectivity index is 1.81. The van der Waals surface area contributed by atoms with Crippen molar-refractivity contribution in [1.82, 2.24) is 15.1 Å². The van der Waals surface area contributed by atoms with E-state index < -0.39 is 0 Å². The van der Waals surface area contributed by atoms with E-state index in [9.17, 15) is 9.59 Å². The van der Waals surface area contributed by atoms with Crippen molar-refractivity contribution in [1.29, 1.82) is 0 Å². The van der Waals surface area contributed by atoms with Gasteiger partial charge in [-0.15, -0.1) is 0 Å². The minimum Gasteiger partial charge on any atom is -0.345 e. The maximum Gasteiger partial charge on any atom is 0.242 e. The summed E-state index contributed by atoms with van der Waals surface area (Å²) in [6.07, 6.45) is 3.44. The lowest BCUT2D eigenvalue weighted by Gasteiger charge is -2.35. The number of nitrogens with zero attached hydrogens (tertiary/aromatic N) is 2. The van der Waals surface area contributed by atoms with Crippen LogP contribution in [0.4, 0.5) is 0 Å². The lowest BCUT2D eigenvalue weighted by atomic mass is 9.93. The number of piperidine rings is 1. The molecule has 2 rings (SSSR count). The molecule has 0 aromatic heterocycles. The van der Waals surface area contributed by atoms with Crippen molar-refractivity contribution in [2.45, 2.75) is 32.2 Å². The summed E-state index contributed by atoms with van der Waals surface area (Å²) in [5, 5.41) is 2.62. The number of carbonyl (C=O) groups excluding carboxylic acids is 2. The Labute approximate surface area is 108 Å². The van der Waals surface area contributed by atoms with E-state index in [2.05, 4.69) is 17.3 Å². The summed E-state index contributed by atoms with van der Waals surface area (Å²) in [5.41, 5.74) is 0. The number of carbonyl (C=O) groups is 2. The molecule has 0 saturated carbocycles. The van der Waals surface area contributed by atoms with Gasteiger partial charge in [0.05, 0.1) is 6.54 Å². The van der Waals surface area contributed by atoms with Crippen LogP contribution in [0.5, 0.6) is 0 Å². The minimum absolute atomic E-state index is 0.0297. The van der Waals surface area contributed by atoms with Gasteiger partial charge in [-0.25, -0.2) is 0 Å². The number of hydrogen-bond donors (Lipinski definition) is 1. The highest BCUT2D eigenvalue weighted by Gasteiger charge is 2.31. The Kier molecular flexibility index (Phi) is 4.22. The zero-order chi connectivity index (χ0) is 13.1. The fourth-order valence-corrected chi connectivity index (χ4v) is 2.76. The summed E-state index contributed by atoms with van der Waals surface area (Å²) in [4.78, 5) is 27.4. The smallest absolute Gasteiger partial charge is 0.242 e. The third kappa shape index (κ3) is 3.02. The largest absolute Gasteiger partial charge is 0.345 e. The van der Waals surface area contributed by atoms with Crippen molar-refractivity contribution < 1.29 is 9.59 Å². The van der Waals surface area contributed by atoms with Gasteiger partial charge in [0.2, 0.25) is 11.8 Å². The number of hydrogen-bond acceptors (Lipinski definition) is 3. The molecule has 102 valence electrons. The third-order valence-corrected chi connectivity index (χ3v) is 4.20. The van der Waals surface area contributed by atoms with E-state index in [1.807, 2.05) is 0 Å². The monoisotopic (exact) mass is 253 g/mol. The Morgan fingerprint density at radius 2 is 1.94 bits per heavy atom. The van der Waals surface area contributed by atoms with Crippen LogP contribution in [-0.4, -0.2) is 60.9 Å². The summed E-state index contributed by atoms with van der Waals surface area (Å²) in [6.45, 7) is 4.99. The standard InChI is InChI=1S/C13H23N3O2/c1-10-13(18)14-9-12(17)16(10)8-5-11-3-6-15(2)7-4-11/h10-11H,3-9H2,1-2H3,(H,14,18). The topological polar surface area (TPSA) is 52.7 Å². The van der Waals surface area contributed by atoms with Gasteiger partial charge < -0.3 is 15.1 Å². The molecule has 2 fully saturated rings. The molecule has 2 aliphatic rings. The van der Waals surface area contributed by atoms with E-state index in [1.165, 1.54) is 12.8 Å². The lowest BCUT2D eigenvalue weighted by Crippen LogP contribution is -2.57. The van der Waals surface area contributed by atoms with Crippen molar-refractivity contribution >= 4 is 11.8 Å². The van der Waals surface area contributed by atoms with Gasteiger partial charge in [0, 0.05) is 6.54 Å². The van der Waals surface area contributed by atoms with Crippen molar-refractivity contribution in [2.24, 2.45) is 5.92 Å². The zero-order valence-electron chi connectivity index (χ0n) is 11.3. The van der Waals surface area contributed by atoms with Gasteiger partial charge in [-0.1, -0.05) is 0 Å². The van der Waals surface area contributed by atoms with Gasteiger partial charge in [0.1, 0.15) is 6.04 Å². The molecule has 0 aromatic carbocycles. The van der Waals surface area contributed by atoms with Gasteiger partial charge >= 0.3 is 0 Å². The van der Waals surface area contributed by atoms with Crippen molar-refractivity contribution in [3.8, 4) is 0 Å². The van der Waals surface area contributed by atoms with Crippen LogP contribution < -0.4 is 5.32 Å². The molecule has 2 heterocycles. The highest BCUT2D eigenvalue weighted by Crippen LogP contribution is 2.20. The second kappa shape index (κ2) is 5.69. The maximum absolute atomic E-state index is 11.8. The molecule has 0 radical (unpaired) electrons.